The van der Waals surface area contributed by atoms with Crippen LogP contribution in [0.15, 0.2) is 60.1 Å². The van der Waals surface area contributed by atoms with E-state index in [-0.39, 0.29) is 0 Å². The van der Waals surface area contributed by atoms with Crippen LogP contribution in [-0.4, -0.2) is 15.1 Å². The highest BCUT2D eigenvalue weighted by molar-refractivity contribution is 7.80. The largest absolute Gasteiger partial charge is 0.317 e. The van der Waals surface area contributed by atoms with E-state index in [2.05, 4.69) is 32.7 Å². The van der Waals surface area contributed by atoms with Crippen molar-refractivity contribution in [2.75, 3.05) is 10.6 Å². The summed E-state index contributed by atoms with van der Waals surface area (Å²) >= 11 is 6.76. The van der Waals surface area contributed by atoms with Crippen molar-refractivity contribution in [2.24, 2.45) is 0 Å². The molecule has 110 valence electrons. The summed E-state index contributed by atoms with van der Waals surface area (Å²) < 4.78 is 0. The SMILES string of the molecule is S=C(Nc1cccc(Cc2ccccc2)n1)Nc1nccs1. The number of nitrogens with zero attached hydrogens (tertiary/aromatic N) is 2. The van der Waals surface area contributed by atoms with E-state index in [9.17, 15) is 0 Å². The molecule has 0 radical (unpaired) electrons. The normalized spacial score (nSPS) is 10.2. The molecule has 0 spiro atoms. The van der Waals surface area contributed by atoms with Gasteiger partial charge in [-0.2, -0.15) is 0 Å². The molecule has 0 aliphatic heterocycles. The maximum absolute atomic E-state index is 5.26. The number of hydrogen-bond donors (Lipinski definition) is 2. The number of anilines is 2. The monoisotopic (exact) mass is 326 g/mol. The van der Waals surface area contributed by atoms with E-state index in [0.717, 1.165) is 23.1 Å². The van der Waals surface area contributed by atoms with Crippen molar-refractivity contribution >= 4 is 39.6 Å². The van der Waals surface area contributed by atoms with Gasteiger partial charge in [0.25, 0.3) is 0 Å². The fourth-order valence-corrected chi connectivity index (χ4v) is 2.78. The molecular weight excluding hydrogens is 312 g/mol. The second-order valence-electron chi connectivity index (χ2n) is 4.59. The van der Waals surface area contributed by atoms with Gasteiger partial charge in [-0.15, -0.1) is 11.3 Å². The summed E-state index contributed by atoms with van der Waals surface area (Å²) in [4.78, 5) is 8.71. The van der Waals surface area contributed by atoms with Gasteiger partial charge in [0, 0.05) is 23.7 Å². The fraction of sp³-hybridized carbons (Fsp3) is 0.0625. The van der Waals surface area contributed by atoms with Crippen molar-refractivity contribution < 1.29 is 0 Å². The molecule has 3 rings (SSSR count). The lowest BCUT2D eigenvalue weighted by molar-refractivity contribution is 1.08. The van der Waals surface area contributed by atoms with Crippen molar-refractivity contribution in [1.29, 1.82) is 0 Å². The van der Waals surface area contributed by atoms with Gasteiger partial charge >= 0.3 is 0 Å². The summed E-state index contributed by atoms with van der Waals surface area (Å²) in [6.07, 6.45) is 2.53. The van der Waals surface area contributed by atoms with Crippen LogP contribution in [0.1, 0.15) is 11.3 Å². The van der Waals surface area contributed by atoms with Gasteiger partial charge < -0.3 is 10.6 Å². The van der Waals surface area contributed by atoms with E-state index in [1.165, 1.54) is 16.9 Å². The summed E-state index contributed by atoms with van der Waals surface area (Å²) in [7, 11) is 0. The number of nitrogens with one attached hydrogen (secondary N) is 2. The first-order valence-corrected chi connectivity index (χ1v) is 8.06. The van der Waals surface area contributed by atoms with Crippen molar-refractivity contribution in [3.8, 4) is 0 Å². The van der Waals surface area contributed by atoms with Gasteiger partial charge in [-0.3, -0.25) is 0 Å². The topological polar surface area (TPSA) is 49.8 Å². The molecule has 2 aromatic heterocycles. The van der Waals surface area contributed by atoms with E-state index < -0.39 is 0 Å². The van der Waals surface area contributed by atoms with Gasteiger partial charge in [-0.05, 0) is 29.9 Å². The first-order valence-electron chi connectivity index (χ1n) is 6.77. The second-order valence-corrected chi connectivity index (χ2v) is 5.90. The Morgan fingerprint density at radius 2 is 1.91 bits per heavy atom. The minimum Gasteiger partial charge on any atom is -0.317 e. The van der Waals surface area contributed by atoms with Gasteiger partial charge in [0.2, 0.25) is 0 Å². The Kier molecular flexibility index (Phi) is 4.72. The van der Waals surface area contributed by atoms with Crippen molar-refractivity contribution in [2.45, 2.75) is 6.42 Å². The lowest BCUT2D eigenvalue weighted by Crippen LogP contribution is -2.19. The van der Waals surface area contributed by atoms with Crippen molar-refractivity contribution in [3.63, 3.8) is 0 Å². The minimum atomic E-state index is 0.485. The average molecular weight is 326 g/mol. The van der Waals surface area contributed by atoms with Gasteiger partial charge in [0.05, 0.1) is 0 Å². The number of benzene rings is 1. The van der Waals surface area contributed by atoms with Crippen LogP contribution >= 0.6 is 23.6 Å². The minimum absolute atomic E-state index is 0.485. The van der Waals surface area contributed by atoms with Crippen LogP contribution < -0.4 is 10.6 Å². The van der Waals surface area contributed by atoms with Crippen LogP contribution in [0.3, 0.4) is 0 Å². The zero-order chi connectivity index (χ0) is 15.2. The Labute approximate surface area is 138 Å². The van der Waals surface area contributed by atoms with Crippen LogP contribution in [0.4, 0.5) is 10.9 Å². The lowest BCUT2D eigenvalue weighted by Gasteiger charge is -2.09. The molecule has 0 bridgehead atoms. The lowest BCUT2D eigenvalue weighted by atomic mass is 10.1. The van der Waals surface area contributed by atoms with E-state index in [0.29, 0.717) is 5.11 Å². The molecule has 1 aromatic carbocycles. The average Bonchev–Trinajstić information content (AvgIpc) is 3.01. The van der Waals surface area contributed by atoms with Crippen molar-refractivity contribution in [1.82, 2.24) is 9.97 Å². The van der Waals surface area contributed by atoms with Crippen molar-refractivity contribution in [3.05, 3.63) is 71.4 Å². The number of thiazole rings is 1. The molecule has 0 atom stereocenters. The van der Waals surface area contributed by atoms with Gasteiger partial charge in [0.1, 0.15) is 5.82 Å². The van der Waals surface area contributed by atoms with Gasteiger partial charge in [0.15, 0.2) is 10.2 Å². The molecule has 0 fully saturated rings. The summed E-state index contributed by atoms with van der Waals surface area (Å²) in [6, 6.07) is 16.1. The Morgan fingerprint density at radius 3 is 2.68 bits per heavy atom. The standard InChI is InChI=1S/C16H14N4S2/c21-15(20-16-17-9-10-22-16)19-14-8-4-7-13(18-14)11-12-5-2-1-3-6-12/h1-10H,11H2,(H2,17,18,19,20,21). The number of pyridine rings is 1. The van der Waals surface area contributed by atoms with E-state index >= 15 is 0 Å². The highest BCUT2D eigenvalue weighted by Crippen LogP contribution is 2.13. The molecule has 2 N–H and O–H groups in total. The Morgan fingerprint density at radius 1 is 1.05 bits per heavy atom. The fourth-order valence-electron chi connectivity index (χ4n) is 1.98. The zero-order valence-electron chi connectivity index (χ0n) is 11.7. The summed E-state index contributed by atoms with van der Waals surface area (Å²) in [5.74, 6) is 0.725. The molecule has 0 saturated carbocycles. The predicted octanol–water partition coefficient (Wildman–Crippen LogP) is 3.94. The zero-order valence-corrected chi connectivity index (χ0v) is 13.3. The number of hydrogen-bond acceptors (Lipinski definition) is 4. The van der Waals surface area contributed by atoms with Crippen LogP contribution in [0.2, 0.25) is 0 Å². The predicted molar refractivity (Wildman–Crippen MR) is 95.4 cm³/mol. The third kappa shape index (κ3) is 4.09. The highest BCUT2D eigenvalue weighted by Gasteiger charge is 2.03. The molecule has 0 amide bonds. The quantitative estimate of drug-likeness (QED) is 0.711. The van der Waals surface area contributed by atoms with Crippen LogP contribution in [0.25, 0.3) is 0 Å². The molecule has 0 aliphatic carbocycles. The summed E-state index contributed by atoms with van der Waals surface area (Å²) in [6.45, 7) is 0. The Bertz CT molecular complexity index is 742. The molecule has 0 unspecified atom stereocenters. The maximum atomic E-state index is 5.26. The second kappa shape index (κ2) is 7.11. The third-order valence-electron chi connectivity index (χ3n) is 2.93. The molecule has 0 aliphatic rings. The first-order chi connectivity index (χ1) is 10.8. The molecule has 2 heterocycles. The smallest absolute Gasteiger partial charge is 0.188 e. The third-order valence-corrected chi connectivity index (χ3v) is 3.82. The molecule has 3 aromatic rings. The van der Waals surface area contributed by atoms with Gasteiger partial charge in [-0.25, -0.2) is 9.97 Å². The van der Waals surface area contributed by atoms with Crippen LogP contribution in [0, 0.1) is 0 Å². The Balaban J connectivity index is 1.65. The maximum Gasteiger partial charge on any atom is 0.188 e. The Hall–Kier alpha value is -2.31. The summed E-state index contributed by atoms with van der Waals surface area (Å²) in [5, 5.41) is 9.25. The van der Waals surface area contributed by atoms with E-state index in [1.54, 1.807) is 6.20 Å². The van der Waals surface area contributed by atoms with Crippen LogP contribution in [-0.2, 0) is 6.42 Å². The number of aromatic nitrogens is 2. The molecule has 4 nitrogen and oxygen atoms in total. The van der Waals surface area contributed by atoms with Crippen LogP contribution in [0.5, 0.6) is 0 Å². The summed E-state index contributed by atoms with van der Waals surface area (Å²) in [5.41, 5.74) is 2.23. The molecular formula is C16H14N4S2. The molecule has 6 heteroatoms. The van der Waals surface area contributed by atoms with E-state index in [1.807, 2.05) is 41.8 Å². The molecule has 22 heavy (non-hydrogen) atoms. The number of thiocarbonyl (C=S) groups is 1. The van der Waals surface area contributed by atoms with E-state index in [4.69, 9.17) is 12.2 Å². The first kappa shape index (κ1) is 14.6. The molecule has 0 saturated heterocycles. The highest BCUT2D eigenvalue weighted by atomic mass is 32.1. The van der Waals surface area contributed by atoms with Gasteiger partial charge in [-0.1, -0.05) is 36.4 Å². The number of rotatable bonds is 4.